The van der Waals surface area contributed by atoms with Gasteiger partial charge < -0.3 is 11.1 Å². The maximum Gasteiger partial charge on any atom is 0.258 e. The van der Waals surface area contributed by atoms with Gasteiger partial charge in [0, 0.05) is 0 Å². The third-order valence-electron chi connectivity index (χ3n) is 2.67. The van der Waals surface area contributed by atoms with Gasteiger partial charge in [-0.05, 0) is 24.6 Å². The Labute approximate surface area is 118 Å². The molecule has 1 aromatic carbocycles. The van der Waals surface area contributed by atoms with Crippen LogP contribution in [0, 0.1) is 18.6 Å². The molecule has 0 saturated carbocycles. The van der Waals surface area contributed by atoms with Gasteiger partial charge in [0.2, 0.25) is 0 Å². The molecule has 0 fully saturated rings. The van der Waals surface area contributed by atoms with E-state index in [4.69, 9.17) is 17.3 Å². The van der Waals surface area contributed by atoms with Crippen LogP contribution in [-0.2, 0) is 0 Å². The minimum Gasteiger partial charge on any atom is -0.397 e. The molecule has 0 unspecified atom stereocenters. The number of nitrogens with two attached hydrogens (primary N) is 1. The second-order valence-electron chi connectivity index (χ2n) is 4.10. The number of rotatable bonds is 2. The maximum absolute atomic E-state index is 13.8. The highest BCUT2D eigenvalue weighted by molar-refractivity contribution is 6.30. The fourth-order valence-electron chi connectivity index (χ4n) is 1.59. The molecule has 0 aliphatic heterocycles. The highest BCUT2D eigenvalue weighted by Crippen LogP contribution is 2.23. The molecule has 104 valence electrons. The van der Waals surface area contributed by atoms with E-state index in [0.717, 1.165) is 6.07 Å². The Morgan fingerprint density at radius 1 is 1.40 bits per heavy atom. The van der Waals surface area contributed by atoms with E-state index in [9.17, 15) is 13.6 Å². The average molecular weight is 298 g/mol. The third kappa shape index (κ3) is 2.70. The number of halogens is 3. The predicted octanol–water partition coefficient (Wildman–Crippen LogP) is 3.16. The van der Waals surface area contributed by atoms with Crippen molar-refractivity contribution in [1.29, 1.82) is 0 Å². The molecule has 1 amide bonds. The van der Waals surface area contributed by atoms with Crippen molar-refractivity contribution in [2.45, 2.75) is 6.92 Å². The standard InChI is InChI=1S/C13H10ClF2N3O/c1-6-2-3-8(15)12(11(6)16)19-13(20)7-4-10(14)18-5-9(7)17/h2-5H,17H2,1H3,(H,19,20). The van der Waals surface area contributed by atoms with Gasteiger partial charge in [-0.3, -0.25) is 4.79 Å². The van der Waals surface area contributed by atoms with Crippen LogP contribution >= 0.6 is 11.6 Å². The van der Waals surface area contributed by atoms with Gasteiger partial charge in [-0.15, -0.1) is 0 Å². The molecule has 0 radical (unpaired) electrons. The van der Waals surface area contributed by atoms with Gasteiger partial charge in [0.05, 0.1) is 17.4 Å². The Kier molecular flexibility index (Phi) is 3.85. The third-order valence-corrected chi connectivity index (χ3v) is 2.88. The largest absolute Gasteiger partial charge is 0.397 e. The molecular formula is C13H10ClF2N3O. The monoisotopic (exact) mass is 297 g/mol. The van der Waals surface area contributed by atoms with E-state index < -0.39 is 23.2 Å². The van der Waals surface area contributed by atoms with E-state index in [1.54, 1.807) is 0 Å². The van der Waals surface area contributed by atoms with Gasteiger partial charge in [0.1, 0.15) is 16.7 Å². The van der Waals surface area contributed by atoms with E-state index >= 15 is 0 Å². The van der Waals surface area contributed by atoms with Crippen LogP contribution in [0.3, 0.4) is 0 Å². The zero-order chi connectivity index (χ0) is 14.9. The Bertz CT molecular complexity index is 692. The molecule has 0 aliphatic rings. The normalized spacial score (nSPS) is 10.4. The highest BCUT2D eigenvalue weighted by Gasteiger charge is 2.17. The van der Waals surface area contributed by atoms with Crippen molar-refractivity contribution < 1.29 is 13.6 Å². The van der Waals surface area contributed by atoms with Crippen LogP contribution in [-0.4, -0.2) is 10.9 Å². The van der Waals surface area contributed by atoms with Gasteiger partial charge in [-0.2, -0.15) is 0 Å². The number of nitrogens with zero attached hydrogens (tertiary/aromatic N) is 1. The number of amides is 1. The Hall–Kier alpha value is -2.21. The number of aryl methyl sites for hydroxylation is 1. The summed E-state index contributed by atoms with van der Waals surface area (Å²) in [4.78, 5) is 15.7. The summed E-state index contributed by atoms with van der Waals surface area (Å²) in [5, 5.41) is 2.20. The van der Waals surface area contributed by atoms with E-state index in [0.29, 0.717) is 0 Å². The zero-order valence-electron chi connectivity index (χ0n) is 10.4. The topological polar surface area (TPSA) is 68.0 Å². The number of anilines is 2. The van der Waals surface area contributed by atoms with Crippen LogP contribution in [0.5, 0.6) is 0 Å². The quantitative estimate of drug-likeness (QED) is 0.837. The average Bonchev–Trinajstić information content (AvgIpc) is 2.41. The first-order valence-electron chi connectivity index (χ1n) is 5.57. The number of hydrogen-bond acceptors (Lipinski definition) is 3. The number of nitrogens with one attached hydrogen (secondary N) is 1. The molecule has 20 heavy (non-hydrogen) atoms. The summed E-state index contributed by atoms with van der Waals surface area (Å²) in [7, 11) is 0. The molecule has 0 spiro atoms. The molecule has 0 bridgehead atoms. The van der Waals surface area contributed by atoms with Crippen LogP contribution in [0.1, 0.15) is 15.9 Å². The van der Waals surface area contributed by atoms with Crippen molar-refractivity contribution in [2.75, 3.05) is 11.1 Å². The summed E-state index contributed by atoms with van der Waals surface area (Å²) in [5.74, 6) is -2.48. The smallest absolute Gasteiger partial charge is 0.258 e. The Balaban J connectivity index is 2.38. The summed E-state index contributed by atoms with van der Waals surface area (Å²) in [6.07, 6.45) is 1.19. The lowest BCUT2D eigenvalue weighted by Crippen LogP contribution is -2.16. The highest BCUT2D eigenvalue weighted by atomic mass is 35.5. The molecular weight excluding hydrogens is 288 g/mol. The lowest BCUT2D eigenvalue weighted by atomic mass is 10.1. The van der Waals surface area contributed by atoms with Gasteiger partial charge >= 0.3 is 0 Å². The summed E-state index contributed by atoms with van der Waals surface area (Å²) >= 11 is 5.66. The van der Waals surface area contributed by atoms with Crippen molar-refractivity contribution in [3.8, 4) is 0 Å². The lowest BCUT2D eigenvalue weighted by molar-refractivity contribution is 0.102. The second-order valence-corrected chi connectivity index (χ2v) is 4.49. The summed E-state index contributed by atoms with van der Waals surface area (Å²) < 4.78 is 27.4. The first-order chi connectivity index (χ1) is 9.40. The summed E-state index contributed by atoms with van der Waals surface area (Å²) in [5.41, 5.74) is 5.31. The minimum atomic E-state index is -0.875. The van der Waals surface area contributed by atoms with Crippen LogP contribution in [0.25, 0.3) is 0 Å². The number of pyridine rings is 1. The second kappa shape index (κ2) is 5.42. The molecule has 7 heteroatoms. The molecule has 2 rings (SSSR count). The van der Waals surface area contributed by atoms with Crippen molar-refractivity contribution in [3.63, 3.8) is 0 Å². The van der Waals surface area contributed by atoms with Crippen LogP contribution < -0.4 is 11.1 Å². The van der Waals surface area contributed by atoms with Crippen molar-refractivity contribution >= 4 is 28.9 Å². The first kappa shape index (κ1) is 14.2. The number of aromatic nitrogens is 1. The molecule has 1 aromatic heterocycles. The Morgan fingerprint density at radius 3 is 2.80 bits per heavy atom. The lowest BCUT2D eigenvalue weighted by Gasteiger charge is -2.10. The van der Waals surface area contributed by atoms with Gasteiger partial charge in [0.25, 0.3) is 5.91 Å². The van der Waals surface area contributed by atoms with Gasteiger partial charge in [-0.25, -0.2) is 13.8 Å². The SMILES string of the molecule is Cc1ccc(F)c(NC(=O)c2cc(Cl)ncc2N)c1F. The fraction of sp³-hybridized carbons (Fsp3) is 0.0769. The molecule has 4 nitrogen and oxygen atoms in total. The van der Waals surface area contributed by atoms with Crippen LogP contribution in [0.4, 0.5) is 20.2 Å². The van der Waals surface area contributed by atoms with Gasteiger partial charge in [-0.1, -0.05) is 17.7 Å². The zero-order valence-corrected chi connectivity index (χ0v) is 11.1. The number of hydrogen-bond donors (Lipinski definition) is 2. The van der Waals surface area contributed by atoms with Crippen LogP contribution in [0.15, 0.2) is 24.4 Å². The number of carbonyl (C=O) groups is 1. The molecule has 3 N–H and O–H groups in total. The first-order valence-corrected chi connectivity index (χ1v) is 5.95. The van der Waals surface area contributed by atoms with E-state index in [1.807, 2.05) is 0 Å². The molecule has 0 saturated heterocycles. The number of nitrogen functional groups attached to an aromatic ring is 1. The molecule has 2 aromatic rings. The van der Waals surface area contributed by atoms with Crippen LogP contribution in [0.2, 0.25) is 5.15 Å². The number of carbonyl (C=O) groups excluding carboxylic acids is 1. The van der Waals surface area contributed by atoms with Crippen molar-refractivity contribution in [2.24, 2.45) is 0 Å². The van der Waals surface area contributed by atoms with Crippen molar-refractivity contribution in [3.05, 3.63) is 52.3 Å². The van der Waals surface area contributed by atoms with Gasteiger partial charge in [0.15, 0.2) is 5.82 Å². The van der Waals surface area contributed by atoms with E-state index in [2.05, 4.69) is 10.3 Å². The van der Waals surface area contributed by atoms with Crippen molar-refractivity contribution in [1.82, 2.24) is 4.98 Å². The summed E-state index contributed by atoms with van der Waals surface area (Å²) in [6.45, 7) is 1.46. The molecule has 0 atom stereocenters. The maximum atomic E-state index is 13.8. The fourth-order valence-corrected chi connectivity index (χ4v) is 1.75. The van der Waals surface area contributed by atoms with E-state index in [1.165, 1.54) is 25.3 Å². The van der Waals surface area contributed by atoms with E-state index in [-0.39, 0.29) is 22.0 Å². The number of benzene rings is 1. The Morgan fingerprint density at radius 2 is 2.10 bits per heavy atom. The molecule has 1 heterocycles. The summed E-state index contributed by atoms with van der Waals surface area (Å²) in [6, 6.07) is 3.56. The predicted molar refractivity (Wildman–Crippen MR) is 72.7 cm³/mol. The molecule has 0 aliphatic carbocycles. The minimum absolute atomic E-state index is 0.00898.